The summed E-state index contributed by atoms with van der Waals surface area (Å²) in [5.74, 6) is -1.53. The monoisotopic (exact) mass is 375 g/mol. The largest absolute Gasteiger partial charge is 0.452 e. The standard InChI is InChI=1S/C20H19ClFNO3/c1-13(2)14-6-3-4-9-18(14)23-19(24)12-26-20(25)11-10-15-16(21)7-5-8-17(15)22/h3-11,13H,12H2,1-2H3,(H,23,24)/b11-10+. The Balaban J connectivity index is 1.91. The third-order valence-corrected chi connectivity index (χ3v) is 3.92. The number of hydrogen-bond acceptors (Lipinski definition) is 3. The number of para-hydroxylation sites is 1. The summed E-state index contributed by atoms with van der Waals surface area (Å²) in [7, 11) is 0. The van der Waals surface area contributed by atoms with Gasteiger partial charge in [0, 0.05) is 17.3 Å². The van der Waals surface area contributed by atoms with E-state index in [4.69, 9.17) is 16.3 Å². The molecule has 0 unspecified atom stereocenters. The number of halogens is 2. The zero-order valence-corrected chi connectivity index (χ0v) is 15.2. The fraction of sp³-hybridized carbons (Fsp3) is 0.200. The molecule has 0 heterocycles. The Bertz CT molecular complexity index is 813. The first-order chi connectivity index (χ1) is 12.4. The van der Waals surface area contributed by atoms with Crippen molar-refractivity contribution >= 4 is 35.2 Å². The molecule has 4 nitrogen and oxygen atoms in total. The number of rotatable bonds is 6. The lowest BCUT2D eigenvalue weighted by Gasteiger charge is -2.13. The molecule has 0 atom stereocenters. The normalized spacial score (nSPS) is 11.0. The molecule has 136 valence electrons. The number of benzene rings is 2. The number of carbonyl (C=O) groups is 2. The van der Waals surface area contributed by atoms with Crippen LogP contribution in [0.3, 0.4) is 0 Å². The fourth-order valence-electron chi connectivity index (χ4n) is 2.31. The third-order valence-electron chi connectivity index (χ3n) is 3.59. The molecule has 0 saturated heterocycles. The van der Waals surface area contributed by atoms with Gasteiger partial charge in [0.1, 0.15) is 5.82 Å². The summed E-state index contributed by atoms with van der Waals surface area (Å²) < 4.78 is 18.5. The molecule has 0 spiro atoms. The van der Waals surface area contributed by atoms with Crippen LogP contribution in [-0.4, -0.2) is 18.5 Å². The van der Waals surface area contributed by atoms with Gasteiger partial charge in [-0.15, -0.1) is 0 Å². The summed E-state index contributed by atoms with van der Waals surface area (Å²) in [6.45, 7) is 3.59. The van der Waals surface area contributed by atoms with E-state index in [1.165, 1.54) is 24.3 Å². The number of hydrogen-bond donors (Lipinski definition) is 1. The van der Waals surface area contributed by atoms with E-state index in [0.29, 0.717) is 5.69 Å². The zero-order valence-electron chi connectivity index (χ0n) is 14.5. The molecule has 0 aliphatic heterocycles. The van der Waals surface area contributed by atoms with Gasteiger partial charge in [-0.1, -0.05) is 49.7 Å². The number of carbonyl (C=O) groups excluding carboxylic acids is 2. The van der Waals surface area contributed by atoms with Crippen LogP contribution in [0, 0.1) is 5.82 Å². The number of nitrogens with one attached hydrogen (secondary N) is 1. The lowest BCUT2D eigenvalue weighted by Crippen LogP contribution is -2.21. The van der Waals surface area contributed by atoms with Gasteiger partial charge in [0.25, 0.3) is 5.91 Å². The van der Waals surface area contributed by atoms with Gasteiger partial charge in [-0.25, -0.2) is 9.18 Å². The van der Waals surface area contributed by atoms with Crippen LogP contribution in [0.25, 0.3) is 6.08 Å². The molecule has 2 rings (SSSR count). The average molecular weight is 376 g/mol. The predicted molar refractivity (Wildman–Crippen MR) is 101 cm³/mol. The second-order valence-electron chi connectivity index (χ2n) is 5.87. The fourth-order valence-corrected chi connectivity index (χ4v) is 2.53. The van der Waals surface area contributed by atoms with Crippen molar-refractivity contribution in [2.24, 2.45) is 0 Å². The summed E-state index contributed by atoms with van der Waals surface area (Å²) >= 11 is 5.86. The summed E-state index contributed by atoms with van der Waals surface area (Å²) in [6, 6.07) is 11.6. The zero-order chi connectivity index (χ0) is 19.1. The van der Waals surface area contributed by atoms with Gasteiger partial charge in [-0.05, 0) is 35.8 Å². The highest BCUT2D eigenvalue weighted by Crippen LogP contribution is 2.23. The molecular formula is C20H19ClFNO3. The predicted octanol–water partition coefficient (Wildman–Crippen LogP) is 4.80. The van der Waals surface area contributed by atoms with E-state index in [1.807, 2.05) is 32.0 Å². The third kappa shape index (κ3) is 5.43. The van der Waals surface area contributed by atoms with Gasteiger partial charge in [-0.2, -0.15) is 0 Å². The molecule has 0 radical (unpaired) electrons. The molecule has 0 saturated carbocycles. The Hall–Kier alpha value is -2.66. The van der Waals surface area contributed by atoms with Crippen LogP contribution in [0.1, 0.15) is 30.9 Å². The Morgan fingerprint density at radius 2 is 1.92 bits per heavy atom. The molecule has 0 aromatic heterocycles. The van der Waals surface area contributed by atoms with Crippen LogP contribution in [-0.2, 0) is 14.3 Å². The van der Waals surface area contributed by atoms with Crippen molar-refractivity contribution in [3.63, 3.8) is 0 Å². The van der Waals surface area contributed by atoms with E-state index < -0.39 is 24.3 Å². The van der Waals surface area contributed by atoms with Crippen molar-refractivity contribution in [1.82, 2.24) is 0 Å². The minimum atomic E-state index is -0.767. The number of amides is 1. The van der Waals surface area contributed by atoms with Crippen LogP contribution in [0.2, 0.25) is 5.02 Å². The minimum Gasteiger partial charge on any atom is -0.452 e. The van der Waals surface area contributed by atoms with Crippen molar-refractivity contribution in [2.45, 2.75) is 19.8 Å². The first kappa shape index (κ1) is 19.7. The van der Waals surface area contributed by atoms with Gasteiger partial charge < -0.3 is 10.1 Å². The molecule has 1 amide bonds. The Labute approximate surface area is 156 Å². The number of esters is 1. The first-order valence-corrected chi connectivity index (χ1v) is 8.44. The molecule has 2 aromatic carbocycles. The van der Waals surface area contributed by atoms with Crippen LogP contribution >= 0.6 is 11.6 Å². The Morgan fingerprint density at radius 1 is 1.19 bits per heavy atom. The highest BCUT2D eigenvalue weighted by Gasteiger charge is 2.11. The van der Waals surface area contributed by atoms with Crippen molar-refractivity contribution in [3.8, 4) is 0 Å². The second kappa shape index (κ2) is 9.15. The SMILES string of the molecule is CC(C)c1ccccc1NC(=O)COC(=O)/C=C/c1c(F)cccc1Cl. The van der Waals surface area contributed by atoms with E-state index in [-0.39, 0.29) is 16.5 Å². The molecule has 26 heavy (non-hydrogen) atoms. The van der Waals surface area contributed by atoms with E-state index in [9.17, 15) is 14.0 Å². The maximum atomic E-state index is 13.6. The molecule has 0 aliphatic rings. The summed E-state index contributed by atoms with van der Waals surface area (Å²) in [6.07, 6.45) is 2.24. The summed E-state index contributed by atoms with van der Waals surface area (Å²) in [4.78, 5) is 23.7. The van der Waals surface area contributed by atoms with Crippen LogP contribution in [0.5, 0.6) is 0 Å². The quantitative estimate of drug-likeness (QED) is 0.583. The van der Waals surface area contributed by atoms with E-state index in [1.54, 1.807) is 6.07 Å². The van der Waals surface area contributed by atoms with Crippen molar-refractivity contribution in [3.05, 3.63) is 70.5 Å². The highest BCUT2D eigenvalue weighted by atomic mass is 35.5. The van der Waals surface area contributed by atoms with Crippen molar-refractivity contribution in [1.29, 1.82) is 0 Å². The lowest BCUT2D eigenvalue weighted by molar-refractivity contribution is -0.142. The Morgan fingerprint density at radius 3 is 2.62 bits per heavy atom. The first-order valence-electron chi connectivity index (χ1n) is 8.06. The molecule has 2 aromatic rings. The van der Waals surface area contributed by atoms with Gasteiger partial charge >= 0.3 is 5.97 Å². The maximum absolute atomic E-state index is 13.6. The lowest BCUT2D eigenvalue weighted by atomic mass is 10.0. The van der Waals surface area contributed by atoms with Crippen LogP contribution in [0.15, 0.2) is 48.5 Å². The highest BCUT2D eigenvalue weighted by molar-refractivity contribution is 6.32. The molecule has 0 aliphatic carbocycles. The van der Waals surface area contributed by atoms with Crippen LogP contribution < -0.4 is 5.32 Å². The summed E-state index contributed by atoms with van der Waals surface area (Å²) in [5, 5.41) is 2.90. The van der Waals surface area contributed by atoms with E-state index in [2.05, 4.69) is 5.32 Å². The molecule has 6 heteroatoms. The van der Waals surface area contributed by atoms with E-state index in [0.717, 1.165) is 11.6 Å². The van der Waals surface area contributed by atoms with Gasteiger partial charge in [0.15, 0.2) is 6.61 Å². The van der Waals surface area contributed by atoms with Gasteiger partial charge in [0.05, 0.1) is 5.02 Å². The molecular weight excluding hydrogens is 357 g/mol. The minimum absolute atomic E-state index is 0.0847. The van der Waals surface area contributed by atoms with Crippen molar-refractivity contribution in [2.75, 3.05) is 11.9 Å². The van der Waals surface area contributed by atoms with Crippen molar-refractivity contribution < 1.29 is 18.7 Å². The topological polar surface area (TPSA) is 55.4 Å². The summed E-state index contributed by atoms with van der Waals surface area (Å²) in [5.41, 5.74) is 1.75. The van der Waals surface area contributed by atoms with Crippen LogP contribution in [0.4, 0.5) is 10.1 Å². The molecule has 1 N–H and O–H groups in total. The number of ether oxygens (including phenoxy) is 1. The van der Waals surface area contributed by atoms with E-state index >= 15 is 0 Å². The van der Waals surface area contributed by atoms with Gasteiger partial charge in [0.2, 0.25) is 0 Å². The Kier molecular flexibility index (Phi) is 6.92. The average Bonchev–Trinajstić information content (AvgIpc) is 2.60. The van der Waals surface area contributed by atoms with Gasteiger partial charge in [-0.3, -0.25) is 4.79 Å². The molecule has 0 bridgehead atoms. The molecule has 0 fully saturated rings. The maximum Gasteiger partial charge on any atom is 0.331 e. The second-order valence-corrected chi connectivity index (χ2v) is 6.27. The smallest absolute Gasteiger partial charge is 0.331 e. The number of anilines is 1.